The molecule has 0 N–H and O–H groups in total. The number of nitro benzene ring substituents is 1. The molecule has 0 aliphatic rings. The number of nitrogens with zero attached hydrogens (tertiary/aromatic N) is 1. The fourth-order valence-electron chi connectivity index (χ4n) is 1.37. The Bertz CT molecular complexity index is 771. The summed E-state index contributed by atoms with van der Waals surface area (Å²) in [5, 5.41) is 10.7. The van der Waals surface area contributed by atoms with Gasteiger partial charge in [0.1, 0.15) is 0 Å². The number of ether oxygens (including phenoxy) is 1. The maximum Gasteiger partial charge on any atom is 0.534 e. The Kier molecular flexibility index (Phi) is 5.90. The van der Waals surface area contributed by atoms with Gasteiger partial charge >= 0.3 is 21.6 Å². The van der Waals surface area contributed by atoms with E-state index >= 15 is 0 Å². The van der Waals surface area contributed by atoms with Gasteiger partial charge in [-0.3, -0.25) is 10.1 Å². The maximum atomic E-state index is 12.4. The highest BCUT2D eigenvalue weighted by Gasteiger charge is 2.48. The fourth-order valence-corrected chi connectivity index (χ4v) is 1.85. The van der Waals surface area contributed by atoms with Crippen molar-refractivity contribution in [3.8, 4) is 5.75 Å². The molecule has 0 saturated carbocycles. The van der Waals surface area contributed by atoms with Crippen LogP contribution in [0, 0.1) is 10.1 Å². The first-order valence-electron chi connectivity index (χ1n) is 6.12. The SMILES string of the molecule is CCOC(=O)/C=C/c1cc([N+](=O)[O-])ccc1OS(=O)(=O)C(F)(F)F. The first-order valence-corrected chi connectivity index (χ1v) is 7.52. The summed E-state index contributed by atoms with van der Waals surface area (Å²) in [5.74, 6) is -1.72. The number of carbonyl (C=O) groups excluding carboxylic acids is 1. The molecule has 1 aromatic carbocycles. The van der Waals surface area contributed by atoms with E-state index in [9.17, 15) is 36.5 Å². The topological polar surface area (TPSA) is 113 Å². The molecule has 0 fully saturated rings. The van der Waals surface area contributed by atoms with Crippen molar-refractivity contribution in [2.45, 2.75) is 12.4 Å². The van der Waals surface area contributed by atoms with Gasteiger partial charge in [-0.2, -0.15) is 21.6 Å². The lowest BCUT2D eigenvalue weighted by Gasteiger charge is -2.11. The third-order valence-electron chi connectivity index (χ3n) is 2.37. The Balaban J connectivity index is 3.29. The van der Waals surface area contributed by atoms with Crippen molar-refractivity contribution in [2.24, 2.45) is 0 Å². The molecule has 0 radical (unpaired) electrons. The second-order valence-electron chi connectivity index (χ2n) is 4.05. The lowest BCUT2D eigenvalue weighted by Crippen LogP contribution is -2.28. The number of alkyl halides is 3. The molecule has 24 heavy (non-hydrogen) atoms. The van der Waals surface area contributed by atoms with E-state index in [-0.39, 0.29) is 6.61 Å². The van der Waals surface area contributed by atoms with Crippen molar-refractivity contribution in [2.75, 3.05) is 6.61 Å². The Labute approximate surface area is 133 Å². The van der Waals surface area contributed by atoms with Gasteiger partial charge < -0.3 is 8.92 Å². The minimum Gasteiger partial charge on any atom is -0.463 e. The average molecular weight is 369 g/mol. The van der Waals surface area contributed by atoms with Crippen LogP contribution >= 0.6 is 0 Å². The Morgan fingerprint density at radius 2 is 2.00 bits per heavy atom. The summed E-state index contributed by atoms with van der Waals surface area (Å²) in [7, 11) is -5.98. The maximum absolute atomic E-state index is 12.4. The summed E-state index contributed by atoms with van der Waals surface area (Å²) < 4.78 is 67.6. The summed E-state index contributed by atoms with van der Waals surface area (Å²) in [6.45, 7) is 1.52. The number of nitro groups is 1. The molecule has 0 aliphatic heterocycles. The van der Waals surface area contributed by atoms with Crippen molar-refractivity contribution in [3.05, 3.63) is 40.0 Å². The summed E-state index contributed by atoms with van der Waals surface area (Å²) in [5.41, 5.74) is -6.66. The van der Waals surface area contributed by atoms with E-state index in [1.165, 1.54) is 6.92 Å². The van der Waals surface area contributed by atoms with Gasteiger partial charge in [0.2, 0.25) is 0 Å². The third-order valence-corrected chi connectivity index (χ3v) is 3.34. The predicted molar refractivity (Wildman–Crippen MR) is 74.4 cm³/mol. The molecular formula is C12H10F3NO7S. The van der Waals surface area contributed by atoms with Gasteiger partial charge in [0.15, 0.2) is 5.75 Å². The highest BCUT2D eigenvalue weighted by atomic mass is 32.2. The second-order valence-corrected chi connectivity index (χ2v) is 5.59. The monoisotopic (exact) mass is 369 g/mol. The minimum atomic E-state index is -5.98. The van der Waals surface area contributed by atoms with Crippen LogP contribution in [0.4, 0.5) is 18.9 Å². The first-order chi connectivity index (χ1) is 11.0. The van der Waals surface area contributed by atoms with Crippen molar-refractivity contribution >= 4 is 27.9 Å². The normalized spacial score (nSPS) is 12.2. The summed E-state index contributed by atoms with van der Waals surface area (Å²) in [4.78, 5) is 21.1. The summed E-state index contributed by atoms with van der Waals surface area (Å²) in [6, 6.07) is 2.17. The van der Waals surface area contributed by atoms with Crippen molar-refractivity contribution in [1.82, 2.24) is 0 Å². The van der Waals surface area contributed by atoms with Gasteiger partial charge in [-0.15, -0.1) is 0 Å². The lowest BCUT2D eigenvalue weighted by molar-refractivity contribution is -0.384. The number of hydrogen-bond donors (Lipinski definition) is 0. The number of carbonyl (C=O) groups is 1. The number of rotatable bonds is 6. The molecule has 8 nitrogen and oxygen atoms in total. The average Bonchev–Trinajstić information content (AvgIpc) is 2.44. The number of hydrogen-bond acceptors (Lipinski definition) is 7. The van der Waals surface area contributed by atoms with E-state index in [1.54, 1.807) is 0 Å². The molecule has 0 bridgehead atoms. The van der Waals surface area contributed by atoms with Gasteiger partial charge in [-0.1, -0.05) is 0 Å². The molecular weight excluding hydrogens is 359 g/mol. The first kappa shape index (κ1) is 19.4. The lowest BCUT2D eigenvalue weighted by atomic mass is 10.1. The standard InChI is InChI=1S/C12H10F3NO7S/c1-2-22-11(17)6-3-8-7-9(16(18)19)4-5-10(8)23-24(20,21)12(13,14)15/h3-7H,2H2,1H3/b6-3+. The Morgan fingerprint density at radius 3 is 2.50 bits per heavy atom. The van der Waals surface area contributed by atoms with E-state index in [0.29, 0.717) is 6.07 Å². The van der Waals surface area contributed by atoms with E-state index in [4.69, 9.17) is 0 Å². The van der Waals surface area contributed by atoms with Gasteiger partial charge in [-0.25, -0.2) is 4.79 Å². The van der Waals surface area contributed by atoms with E-state index < -0.39 is 43.5 Å². The number of esters is 1. The second kappa shape index (κ2) is 7.29. The van der Waals surface area contributed by atoms with E-state index in [2.05, 4.69) is 8.92 Å². The van der Waals surface area contributed by atoms with Crippen LogP contribution in [-0.4, -0.2) is 31.4 Å². The van der Waals surface area contributed by atoms with Crippen LogP contribution in [0.25, 0.3) is 6.08 Å². The van der Waals surface area contributed by atoms with Crippen molar-refractivity contribution in [1.29, 1.82) is 0 Å². The van der Waals surface area contributed by atoms with Crippen molar-refractivity contribution in [3.63, 3.8) is 0 Å². The minimum absolute atomic E-state index is 0.0178. The van der Waals surface area contributed by atoms with E-state index in [0.717, 1.165) is 24.3 Å². The number of non-ortho nitro benzene ring substituents is 1. The summed E-state index contributed by atoms with van der Waals surface area (Å²) >= 11 is 0. The summed E-state index contributed by atoms with van der Waals surface area (Å²) in [6.07, 6.45) is 1.60. The molecule has 0 aromatic heterocycles. The van der Waals surface area contributed by atoms with Crippen LogP contribution < -0.4 is 4.18 Å². The van der Waals surface area contributed by atoms with Gasteiger partial charge in [0.25, 0.3) is 5.69 Å². The molecule has 0 spiro atoms. The van der Waals surface area contributed by atoms with E-state index in [1.807, 2.05) is 0 Å². The van der Waals surface area contributed by atoms with Gasteiger partial charge in [0, 0.05) is 23.8 Å². The zero-order valence-electron chi connectivity index (χ0n) is 11.9. The van der Waals surface area contributed by atoms with Gasteiger partial charge in [0.05, 0.1) is 11.5 Å². The smallest absolute Gasteiger partial charge is 0.463 e. The van der Waals surface area contributed by atoms with Crippen LogP contribution in [0.5, 0.6) is 5.75 Å². The zero-order valence-corrected chi connectivity index (χ0v) is 12.8. The number of halogens is 3. The molecule has 12 heteroatoms. The quantitative estimate of drug-likeness (QED) is 0.189. The van der Waals surface area contributed by atoms with Gasteiger partial charge in [-0.05, 0) is 19.1 Å². The van der Waals surface area contributed by atoms with Crippen LogP contribution in [-0.2, 0) is 19.6 Å². The molecule has 0 saturated heterocycles. The molecule has 0 atom stereocenters. The third kappa shape index (κ3) is 4.94. The fraction of sp³-hybridized carbons (Fsp3) is 0.250. The van der Waals surface area contributed by atoms with Crippen LogP contribution in [0.2, 0.25) is 0 Å². The Morgan fingerprint density at radius 1 is 1.38 bits per heavy atom. The molecule has 132 valence electrons. The predicted octanol–water partition coefficient (Wildman–Crippen LogP) is 2.40. The Hall–Kier alpha value is -2.63. The van der Waals surface area contributed by atoms with Crippen molar-refractivity contribution < 1.29 is 40.2 Å². The molecule has 0 amide bonds. The largest absolute Gasteiger partial charge is 0.534 e. The zero-order chi connectivity index (χ0) is 18.5. The number of benzene rings is 1. The molecule has 0 unspecified atom stereocenters. The van der Waals surface area contributed by atoms with Crippen LogP contribution in [0.15, 0.2) is 24.3 Å². The molecule has 1 rings (SSSR count). The molecule has 1 aromatic rings. The molecule has 0 aliphatic carbocycles. The molecule has 0 heterocycles. The van der Waals surface area contributed by atoms with Crippen LogP contribution in [0.1, 0.15) is 12.5 Å². The van der Waals surface area contributed by atoms with Crippen LogP contribution in [0.3, 0.4) is 0 Å². The highest BCUT2D eigenvalue weighted by Crippen LogP contribution is 2.31. The highest BCUT2D eigenvalue weighted by molar-refractivity contribution is 7.88.